The lowest BCUT2D eigenvalue weighted by Crippen LogP contribution is -2.62. The first kappa shape index (κ1) is 15.1. The molecule has 0 aliphatic carbocycles. The maximum absolute atomic E-state index is 11.6. The van der Waals surface area contributed by atoms with E-state index in [0.29, 0.717) is 0 Å². The molecule has 2 heterocycles. The molecule has 0 saturated carbocycles. The Balaban J connectivity index is 0.00000162. The average Bonchev–Trinajstić information content (AvgIpc) is 2.65. The van der Waals surface area contributed by atoms with Crippen molar-refractivity contribution >= 4 is 24.3 Å². The van der Waals surface area contributed by atoms with E-state index in [1.54, 1.807) is 0 Å². The molecule has 2 aliphatic rings. The highest BCUT2D eigenvalue weighted by molar-refractivity contribution is 5.99. The van der Waals surface area contributed by atoms with E-state index in [4.69, 9.17) is 15.6 Å². The van der Waals surface area contributed by atoms with Gasteiger partial charge in [0.25, 0.3) is 0 Å². The van der Waals surface area contributed by atoms with Gasteiger partial charge >= 0.3 is 6.03 Å². The van der Waals surface area contributed by atoms with E-state index < -0.39 is 36.4 Å². The van der Waals surface area contributed by atoms with Gasteiger partial charge in [-0.25, -0.2) is 4.79 Å². The quantitative estimate of drug-likeness (QED) is 0.453. The van der Waals surface area contributed by atoms with E-state index in [-0.39, 0.29) is 32.0 Å². The van der Waals surface area contributed by atoms with Crippen LogP contribution in [-0.2, 0) is 9.53 Å². The molecule has 2 saturated heterocycles. The molecule has 0 bridgehead atoms. The molecule has 3 amide bonds. The number of imide groups is 1. The number of aliphatic hydroxyl groups excluding tert-OH is 2. The summed E-state index contributed by atoms with van der Waals surface area (Å²) in [7, 11) is 0. The van der Waals surface area contributed by atoms with Gasteiger partial charge in [0.1, 0.15) is 18.4 Å². The fraction of sp³-hybridized carbons (Fsp3) is 0.778. The molecule has 0 spiro atoms. The monoisotopic (exact) mass is 281 g/mol. The zero-order valence-electron chi connectivity index (χ0n) is 9.48. The number of hydrogen-bond donors (Lipinski definition) is 4. The molecular formula is C9H16ClN3O5. The smallest absolute Gasteiger partial charge is 0.326 e. The van der Waals surface area contributed by atoms with Gasteiger partial charge in [-0.3, -0.25) is 15.0 Å². The first-order valence-electron chi connectivity index (χ1n) is 5.34. The van der Waals surface area contributed by atoms with Gasteiger partial charge in [0, 0.05) is 13.0 Å². The molecule has 1 unspecified atom stereocenters. The lowest BCUT2D eigenvalue weighted by molar-refractivity contribution is -0.125. The zero-order valence-corrected chi connectivity index (χ0v) is 10.3. The van der Waals surface area contributed by atoms with Gasteiger partial charge in [-0.2, -0.15) is 0 Å². The second-order valence-corrected chi connectivity index (χ2v) is 4.17. The van der Waals surface area contributed by atoms with Crippen molar-refractivity contribution in [1.29, 1.82) is 0 Å². The molecule has 0 aromatic rings. The Labute approximate surface area is 109 Å². The Morgan fingerprint density at radius 2 is 2.17 bits per heavy atom. The molecule has 2 aliphatic heterocycles. The number of ether oxygens (including phenoxy) is 1. The van der Waals surface area contributed by atoms with Gasteiger partial charge < -0.3 is 20.7 Å². The molecule has 104 valence electrons. The number of amides is 3. The number of nitrogens with zero attached hydrogens (tertiary/aromatic N) is 1. The van der Waals surface area contributed by atoms with Crippen LogP contribution in [0.2, 0.25) is 0 Å². The molecule has 2 rings (SSSR count). The van der Waals surface area contributed by atoms with Crippen molar-refractivity contribution < 1.29 is 24.5 Å². The molecular weight excluding hydrogens is 266 g/mol. The number of halogens is 1. The van der Waals surface area contributed by atoms with E-state index in [1.165, 1.54) is 4.90 Å². The summed E-state index contributed by atoms with van der Waals surface area (Å²) in [6.07, 6.45) is -2.01. The summed E-state index contributed by atoms with van der Waals surface area (Å²) in [5.74, 6) is -0.525. The summed E-state index contributed by atoms with van der Waals surface area (Å²) in [4.78, 5) is 23.9. The van der Waals surface area contributed by atoms with Crippen LogP contribution >= 0.6 is 12.4 Å². The van der Waals surface area contributed by atoms with Crippen LogP contribution in [-0.4, -0.2) is 64.7 Å². The Morgan fingerprint density at radius 1 is 1.50 bits per heavy atom. The number of nitrogens with one attached hydrogen (secondary N) is 1. The van der Waals surface area contributed by atoms with E-state index in [9.17, 15) is 14.7 Å². The van der Waals surface area contributed by atoms with Crippen molar-refractivity contribution in [2.75, 3.05) is 13.2 Å². The lowest BCUT2D eigenvalue weighted by atomic mass is 10.1. The van der Waals surface area contributed by atoms with Crippen LogP contribution in [0.1, 0.15) is 6.42 Å². The van der Waals surface area contributed by atoms with Crippen molar-refractivity contribution in [3.8, 4) is 0 Å². The molecule has 9 heteroatoms. The summed E-state index contributed by atoms with van der Waals surface area (Å²) in [5, 5.41) is 20.6. The number of urea groups is 1. The number of rotatable bonds is 2. The largest absolute Gasteiger partial charge is 0.394 e. The predicted octanol–water partition coefficient (Wildman–Crippen LogP) is -2.24. The van der Waals surface area contributed by atoms with Crippen molar-refractivity contribution in [3.05, 3.63) is 0 Å². The van der Waals surface area contributed by atoms with Crippen molar-refractivity contribution in [2.24, 2.45) is 5.73 Å². The van der Waals surface area contributed by atoms with Gasteiger partial charge in [0.2, 0.25) is 5.91 Å². The molecule has 18 heavy (non-hydrogen) atoms. The second kappa shape index (κ2) is 5.81. The summed E-state index contributed by atoms with van der Waals surface area (Å²) in [6.45, 7) is -0.279. The zero-order chi connectivity index (χ0) is 12.6. The number of nitrogens with two attached hydrogens (primary N) is 1. The lowest BCUT2D eigenvalue weighted by Gasteiger charge is -2.34. The highest BCUT2D eigenvalue weighted by Gasteiger charge is 2.42. The summed E-state index contributed by atoms with van der Waals surface area (Å²) < 4.78 is 5.31. The van der Waals surface area contributed by atoms with Gasteiger partial charge in [0.15, 0.2) is 0 Å². The fourth-order valence-corrected chi connectivity index (χ4v) is 1.97. The first-order chi connectivity index (χ1) is 8.02. The SMILES string of the molecule is Cl.NC1CN([C@H]2C[C@H](O)[C@@H](CO)O2)C(=O)NC1=O. The van der Waals surface area contributed by atoms with E-state index in [2.05, 4.69) is 5.32 Å². The maximum Gasteiger partial charge on any atom is 0.326 e. The first-order valence-corrected chi connectivity index (χ1v) is 5.34. The number of carbonyl (C=O) groups is 2. The Bertz CT molecular complexity index is 342. The van der Waals surface area contributed by atoms with Gasteiger partial charge in [0.05, 0.1) is 12.7 Å². The molecule has 0 aromatic heterocycles. The Morgan fingerprint density at radius 3 is 2.72 bits per heavy atom. The van der Waals surface area contributed by atoms with Crippen molar-refractivity contribution in [2.45, 2.75) is 30.9 Å². The minimum atomic E-state index is -0.827. The molecule has 2 fully saturated rings. The third kappa shape index (κ3) is 2.73. The predicted molar refractivity (Wildman–Crippen MR) is 61.8 cm³/mol. The number of aliphatic hydroxyl groups is 2. The Hall–Kier alpha value is -0.930. The molecule has 0 aromatic carbocycles. The van der Waals surface area contributed by atoms with Crippen LogP contribution in [0.4, 0.5) is 4.79 Å². The van der Waals surface area contributed by atoms with Crippen molar-refractivity contribution in [1.82, 2.24) is 10.2 Å². The number of hydrogen-bond acceptors (Lipinski definition) is 6. The highest BCUT2D eigenvalue weighted by Crippen LogP contribution is 2.24. The maximum atomic E-state index is 11.6. The standard InChI is InChI=1S/C9H15N3O5.ClH/c10-4-2-12(9(16)11-8(4)15)7-1-5(14)6(3-13)17-7;/h4-7,13-14H,1-3,10H2,(H,11,15,16);1H/t4?,5-,6+,7+;/m0./s1. The summed E-state index contributed by atoms with van der Waals surface area (Å²) in [5.41, 5.74) is 5.53. The third-order valence-electron chi connectivity index (χ3n) is 2.95. The molecule has 4 atom stereocenters. The third-order valence-corrected chi connectivity index (χ3v) is 2.95. The topological polar surface area (TPSA) is 125 Å². The van der Waals surface area contributed by atoms with Crippen LogP contribution < -0.4 is 11.1 Å². The van der Waals surface area contributed by atoms with Crippen LogP contribution in [0, 0.1) is 0 Å². The van der Waals surface area contributed by atoms with E-state index >= 15 is 0 Å². The summed E-state index contributed by atoms with van der Waals surface area (Å²) in [6, 6.07) is -1.39. The van der Waals surface area contributed by atoms with E-state index in [1.807, 2.05) is 0 Å². The van der Waals surface area contributed by atoms with Gasteiger partial charge in [-0.1, -0.05) is 0 Å². The van der Waals surface area contributed by atoms with Crippen molar-refractivity contribution in [3.63, 3.8) is 0 Å². The van der Waals surface area contributed by atoms with E-state index in [0.717, 1.165) is 0 Å². The summed E-state index contributed by atoms with van der Waals surface area (Å²) >= 11 is 0. The number of carbonyl (C=O) groups excluding carboxylic acids is 2. The normalized spacial score (nSPS) is 36.3. The Kier molecular flexibility index (Phi) is 4.88. The minimum Gasteiger partial charge on any atom is -0.394 e. The second-order valence-electron chi connectivity index (χ2n) is 4.17. The van der Waals surface area contributed by atoms with Crippen LogP contribution in [0.5, 0.6) is 0 Å². The molecule has 8 nitrogen and oxygen atoms in total. The van der Waals surface area contributed by atoms with Gasteiger partial charge in [-0.15, -0.1) is 12.4 Å². The fourth-order valence-electron chi connectivity index (χ4n) is 1.97. The van der Waals surface area contributed by atoms with Crippen LogP contribution in [0.3, 0.4) is 0 Å². The average molecular weight is 282 g/mol. The molecule has 5 N–H and O–H groups in total. The minimum absolute atomic E-state index is 0. The highest BCUT2D eigenvalue weighted by atomic mass is 35.5. The van der Waals surface area contributed by atoms with Crippen LogP contribution in [0.15, 0.2) is 0 Å². The van der Waals surface area contributed by atoms with Crippen LogP contribution in [0.25, 0.3) is 0 Å². The molecule has 0 radical (unpaired) electrons. The van der Waals surface area contributed by atoms with Gasteiger partial charge in [-0.05, 0) is 0 Å².